The van der Waals surface area contributed by atoms with Crippen LogP contribution in [0.2, 0.25) is 5.02 Å². The van der Waals surface area contributed by atoms with Crippen molar-refractivity contribution >= 4 is 29.1 Å². The molecule has 1 aromatic heterocycles. The average molecular weight is 469 g/mol. The second-order valence-corrected chi connectivity index (χ2v) is 9.55. The molecular formula is C26H33ClN4O2. The molecule has 1 aromatic carbocycles. The van der Waals surface area contributed by atoms with E-state index in [1.54, 1.807) is 6.92 Å². The Kier molecular flexibility index (Phi) is 7.99. The van der Waals surface area contributed by atoms with Crippen molar-refractivity contribution in [2.75, 3.05) is 31.5 Å². The summed E-state index contributed by atoms with van der Waals surface area (Å²) < 4.78 is 0. The van der Waals surface area contributed by atoms with Gasteiger partial charge in [-0.1, -0.05) is 29.8 Å². The zero-order valence-electron chi connectivity index (χ0n) is 19.3. The largest absolute Gasteiger partial charge is 0.370 e. The molecule has 2 aromatic rings. The van der Waals surface area contributed by atoms with Crippen molar-refractivity contribution in [3.05, 3.63) is 58.2 Å². The lowest BCUT2D eigenvalue weighted by Crippen LogP contribution is -2.43. The van der Waals surface area contributed by atoms with Crippen LogP contribution in [-0.2, 0) is 22.4 Å². The zero-order valence-corrected chi connectivity index (χ0v) is 20.0. The van der Waals surface area contributed by atoms with Crippen molar-refractivity contribution < 1.29 is 9.59 Å². The van der Waals surface area contributed by atoms with Gasteiger partial charge in [-0.15, -0.1) is 0 Å². The Labute approximate surface area is 201 Å². The molecule has 2 N–H and O–H groups in total. The number of hydrogen-bond acceptors (Lipinski definition) is 5. The molecule has 33 heavy (non-hydrogen) atoms. The van der Waals surface area contributed by atoms with Gasteiger partial charge in [-0.2, -0.15) is 0 Å². The number of fused-ring (bicyclic) bond motifs is 1. The third-order valence-corrected chi connectivity index (χ3v) is 6.91. The quantitative estimate of drug-likeness (QED) is 0.568. The molecule has 1 fully saturated rings. The third kappa shape index (κ3) is 6.12. The highest BCUT2D eigenvalue weighted by Gasteiger charge is 2.31. The fourth-order valence-electron chi connectivity index (χ4n) is 4.93. The number of carbonyl (C=O) groups excluding carboxylic acids is 2. The standard InChI is InChI=1S/C26H33ClN4O2/c1-18(32)24(21-5-2-7-22(27)17-21)31-15-11-20(12-16-31)26(33)29-14-4-8-23-10-9-19-6-3-13-28-25(19)30-23/h2,5,7,9-10,17,20,24H,3-4,6,8,11-16H2,1H3,(H,28,30)(H,29,33). The van der Waals surface area contributed by atoms with Crippen molar-refractivity contribution in [1.82, 2.24) is 15.2 Å². The maximum Gasteiger partial charge on any atom is 0.223 e. The van der Waals surface area contributed by atoms with E-state index < -0.39 is 0 Å². The van der Waals surface area contributed by atoms with Gasteiger partial charge in [0.25, 0.3) is 0 Å². The number of piperidine rings is 1. The molecule has 2 aliphatic heterocycles. The van der Waals surface area contributed by atoms with Crippen LogP contribution in [-0.4, -0.2) is 47.8 Å². The summed E-state index contributed by atoms with van der Waals surface area (Å²) in [5.74, 6) is 1.25. The number of pyridine rings is 1. The summed E-state index contributed by atoms with van der Waals surface area (Å²) >= 11 is 6.14. The molecule has 0 aliphatic carbocycles. The van der Waals surface area contributed by atoms with Crippen LogP contribution in [0.4, 0.5) is 5.82 Å². The van der Waals surface area contributed by atoms with E-state index in [4.69, 9.17) is 16.6 Å². The Morgan fingerprint density at radius 3 is 2.82 bits per heavy atom. The van der Waals surface area contributed by atoms with E-state index in [1.807, 2.05) is 24.3 Å². The Balaban J connectivity index is 1.22. The first-order valence-electron chi connectivity index (χ1n) is 12.0. The summed E-state index contributed by atoms with van der Waals surface area (Å²) in [6, 6.07) is 11.5. The van der Waals surface area contributed by atoms with Crippen LogP contribution >= 0.6 is 11.6 Å². The number of hydrogen-bond donors (Lipinski definition) is 2. The van der Waals surface area contributed by atoms with Crippen molar-refractivity contribution in [1.29, 1.82) is 0 Å². The Morgan fingerprint density at radius 1 is 1.24 bits per heavy atom. The predicted octanol–water partition coefficient (Wildman–Crippen LogP) is 4.18. The van der Waals surface area contributed by atoms with E-state index in [-0.39, 0.29) is 23.7 Å². The maximum atomic E-state index is 12.7. The van der Waals surface area contributed by atoms with Crippen LogP contribution in [0.25, 0.3) is 0 Å². The number of ketones is 1. The van der Waals surface area contributed by atoms with E-state index in [9.17, 15) is 9.59 Å². The first kappa shape index (κ1) is 23.7. The van der Waals surface area contributed by atoms with Gasteiger partial charge in [0.1, 0.15) is 5.82 Å². The molecule has 176 valence electrons. The van der Waals surface area contributed by atoms with Gasteiger partial charge < -0.3 is 10.6 Å². The van der Waals surface area contributed by atoms with Crippen molar-refractivity contribution in [2.45, 2.75) is 51.5 Å². The molecule has 1 atom stereocenters. The van der Waals surface area contributed by atoms with Crippen LogP contribution in [0.3, 0.4) is 0 Å². The molecule has 0 spiro atoms. The molecule has 7 heteroatoms. The minimum absolute atomic E-state index is 0.000658. The number of halogens is 1. The molecule has 0 bridgehead atoms. The first-order chi connectivity index (χ1) is 16.0. The van der Waals surface area contributed by atoms with Gasteiger partial charge in [0.2, 0.25) is 5.91 Å². The SMILES string of the molecule is CC(=O)C(c1cccc(Cl)c1)N1CCC(C(=O)NCCCc2ccc3c(n2)NCCC3)CC1. The van der Waals surface area contributed by atoms with E-state index in [0.29, 0.717) is 11.6 Å². The number of likely N-dealkylation sites (tertiary alicyclic amines) is 1. The van der Waals surface area contributed by atoms with Gasteiger partial charge >= 0.3 is 0 Å². The van der Waals surface area contributed by atoms with E-state index in [2.05, 4.69) is 27.7 Å². The van der Waals surface area contributed by atoms with Gasteiger partial charge in [0.15, 0.2) is 5.78 Å². The van der Waals surface area contributed by atoms with E-state index in [1.165, 1.54) is 5.56 Å². The van der Waals surface area contributed by atoms with Crippen molar-refractivity contribution in [3.63, 3.8) is 0 Å². The smallest absolute Gasteiger partial charge is 0.223 e. The van der Waals surface area contributed by atoms with Crippen LogP contribution in [0.1, 0.15) is 55.5 Å². The third-order valence-electron chi connectivity index (χ3n) is 6.68. The summed E-state index contributed by atoms with van der Waals surface area (Å²) in [6.45, 7) is 4.72. The number of anilines is 1. The highest BCUT2D eigenvalue weighted by molar-refractivity contribution is 6.30. The van der Waals surface area contributed by atoms with Crippen molar-refractivity contribution in [3.8, 4) is 0 Å². The van der Waals surface area contributed by atoms with Crippen LogP contribution in [0.15, 0.2) is 36.4 Å². The molecule has 2 aliphatic rings. The normalized spacial score (nSPS) is 17.6. The summed E-state index contributed by atoms with van der Waals surface area (Å²) in [5.41, 5.74) is 3.29. The fourth-order valence-corrected chi connectivity index (χ4v) is 5.13. The maximum absolute atomic E-state index is 12.7. The second-order valence-electron chi connectivity index (χ2n) is 9.11. The molecule has 0 radical (unpaired) electrons. The van der Waals surface area contributed by atoms with E-state index in [0.717, 1.165) is 75.2 Å². The molecule has 6 nitrogen and oxygen atoms in total. The number of aryl methyl sites for hydroxylation is 2. The lowest BCUT2D eigenvalue weighted by molar-refractivity contribution is -0.127. The summed E-state index contributed by atoms with van der Waals surface area (Å²) in [5, 5.41) is 7.11. The zero-order chi connectivity index (χ0) is 23.2. The van der Waals surface area contributed by atoms with Crippen LogP contribution in [0.5, 0.6) is 0 Å². The molecule has 4 rings (SSSR count). The number of nitrogens with one attached hydrogen (secondary N) is 2. The lowest BCUT2D eigenvalue weighted by Gasteiger charge is -2.36. The van der Waals surface area contributed by atoms with Gasteiger partial charge in [-0.25, -0.2) is 4.98 Å². The number of aromatic nitrogens is 1. The summed E-state index contributed by atoms with van der Waals surface area (Å²) in [6.07, 6.45) is 5.50. The average Bonchev–Trinajstić information content (AvgIpc) is 2.82. The number of rotatable bonds is 8. The number of amides is 1. The molecular weight excluding hydrogens is 436 g/mol. The van der Waals surface area contributed by atoms with Crippen LogP contribution in [0, 0.1) is 5.92 Å². The van der Waals surface area contributed by atoms with Gasteiger partial charge in [0.05, 0.1) is 6.04 Å². The number of benzene rings is 1. The number of carbonyl (C=O) groups is 2. The highest BCUT2D eigenvalue weighted by Crippen LogP contribution is 2.29. The monoisotopic (exact) mass is 468 g/mol. The highest BCUT2D eigenvalue weighted by atomic mass is 35.5. The topological polar surface area (TPSA) is 74.3 Å². The molecule has 0 saturated carbocycles. The summed E-state index contributed by atoms with van der Waals surface area (Å²) in [7, 11) is 0. The molecule has 1 amide bonds. The van der Waals surface area contributed by atoms with Gasteiger partial charge in [0, 0.05) is 29.7 Å². The number of Topliss-reactive ketones (excluding diaryl/α,β-unsaturated/α-hetero) is 1. The number of nitrogens with zero attached hydrogens (tertiary/aromatic N) is 2. The molecule has 3 heterocycles. The van der Waals surface area contributed by atoms with Gasteiger partial charge in [-0.05, 0) is 87.9 Å². The lowest BCUT2D eigenvalue weighted by atomic mass is 9.92. The Morgan fingerprint density at radius 2 is 2.06 bits per heavy atom. The minimum atomic E-state index is -0.300. The molecule has 1 saturated heterocycles. The van der Waals surface area contributed by atoms with Crippen LogP contribution < -0.4 is 10.6 Å². The molecule has 1 unspecified atom stereocenters. The minimum Gasteiger partial charge on any atom is -0.370 e. The Hall–Kier alpha value is -2.44. The van der Waals surface area contributed by atoms with Crippen molar-refractivity contribution in [2.24, 2.45) is 5.92 Å². The first-order valence-corrected chi connectivity index (χ1v) is 12.4. The Bertz CT molecular complexity index is 988. The van der Waals surface area contributed by atoms with Gasteiger partial charge in [-0.3, -0.25) is 14.5 Å². The fraction of sp³-hybridized carbons (Fsp3) is 0.500. The van der Waals surface area contributed by atoms with E-state index >= 15 is 0 Å². The summed E-state index contributed by atoms with van der Waals surface area (Å²) in [4.78, 5) is 32.0. The predicted molar refractivity (Wildman–Crippen MR) is 132 cm³/mol. The second kappa shape index (κ2) is 11.1.